The highest BCUT2D eigenvalue weighted by Gasteiger charge is 2.35. The van der Waals surface area contributed by atoms with E-state index in [-0.39, 0.29) is 0 Å². The minimum absolute atomic E-state index is 0.458. The van der Waals surface area contributed by atoms with Crippen molar-refractivity contribution in [3.63, 3.8) is 0 Å². The number of rotatable bonds is 5. The van der Waals surface area contributed by atoms with Crippen LogP contribution in [0.2, 0.25) is 0 Å². The molecule has 0 radical (unpaired) electrons. The monoisotopic (exact) mass is 269 g/mol. The molecule has 0 aromatic heterocycles. The molecule has 0 saturated heterocycles. The molecule has 0 amide bonds. The molecule has 1 fully saturated rings. The van der Waals surface area contributed by atoms with E-state index in [0.717, 1.165) is 17.8 Å². The molecule has 2 aliphatic carbocycles. The maximum Gasteiger partial charge on any atom is 0.0291 e. The van der Waals surface area contributed by atoms with Crippen molar-refractivity contribution in [1.82, 2.24) is 5.32 Å². The highest BCUT2D eigenvalue weighted by atomic mass is 14.9. The molecular formula is C19H27N. The van der Waals surface area contributed by atoms with E-state index in [1.807, 2.05) is 0 Å². The summed E-state index contributed by atoms with van der Waals surface area (Å²) in [7, 11) is 0. The summed E-state index contributed by atoms with van der Waals surface area (Å²) < 4.78 is 0. The molecule has 3 rings (SSSR count). The van der Waals surface area contributed by atoms with Crippen molar-refractivity contribution in [2.24, 2.45) is 17.8 Å². The number of benzene rings is 1. The molecule has 0 aliphatic heterocycles. The second kappa shape index (κ2) is 5.73. The predicted octanol–water partition coefficient (Wildman–Crippen LogP) is 4.67. The Morgan fingerprint density at radius 3 is 2.25 bits per heavy atom. The van der Waals surface area contributed by atoms with Crippen LogP contribution >= 0.6 is 0 Å². The molecule has 0 heterocycles. The highest BCUT2D eigenvalue weighted by Crippen LogP contribution is 2.43. The van der Waals surface area contributed by atoms with Crippen molar-refractivity contribution in [1.29, 1.82) is 0 Å². The highest BCUT2D eigenvalue weighted by molar-refractivity contribution is 5.26. The van der Waals surface area contributed by atoms with Crippen molar-refractivity contribution in [2.45, 2.75) is 45.6 Å². The molecule has 0 spiro atoms. The number of fused-ring (bicyclic) bond motifs is 2. The molecule has 1 aromatic rings. The third-order valence-electron chi connectivity index (χ3n) is 5.21. The van der Waals surface area contributed by atoms with E-state index in [0.29, 0.717) is 12.0 Å². The summed E-state index contributed by atoms with van der Waals surface area (Å²) in [6, 6.07) is 9.58. The Labute approximate surface area is 123 Å². The first-order valence-corrected chi connectivity index (χ1v) is 8.15. The largest absolute Gasteiger partial charge is 0.310 e. The van der Waals surface area contributed by atoms with Gasteiger partial charge in [-0.2, -0.15) is 0 Å². The number of allylic oxidation sites excluding steroid dienone is 2. The van der Waals surface area contributed by atoms with Crippen LogP contribution in [0.25, 0.3) is 0 Å². The van der Waals surface area contributed by atoms with Crippen LogP contribution in [-0.2, 0) is 0 Å². The number of hydrogen-bond acceptors (Lipinski definition) is 1. The number of nitrogens with one attached hydrogen (secondary N) is 1. The zero-order valence-corrected chi connectivity index (χ0v) is 13.0. The number of hydrogen-bond donors (Lipinski definition) is 1. The second-order valence-corrected chi connectivity index (χ2v) is 6.99. The van der Waals surface area contributed by atoms with Crippen LogP contribution < -0.4 is 5.32 Å². The van der Waals surface area contributed by atoms with Crippen molar-refractivity contribution in [3.05, 3.63) is 47.5 Å². The summed E-state index contributed by atoms with van der Waals surface area (Å²) in [5, 5.41) is 3.74. The quantitative estimate of drug-likeness (QED) is 0.766. The second-order valence-electron chi connectivity index (χ2n) is 6.99. The zero-order chi connectivity index (χ0) is 14.1. The third kappa shape index (κ3) is 2.83. The van der Waals surface area contributed by atoms with Crippen molar-refractivity contribution in [3.8, 4) is 0 Å². The fourth-order valence-electron chi connectivity index (χ4n) is 3.74. The Hall–Kier alpha value is -1.08. The Bertz CT molecular complexity index is 471. The van der Waals surface area contributed by atoms with E-state index in [2.05, 4.69) is 62.5 Å². The van der Waals surface area contributed by atoms with Gasteiger partial charge >= 0.3 is 0 Å². The van der Waals surface area contributed by atoms with Gasteiger partial charge in [-0.05, 0) is 61.1 Å². The fourth-order valence-corrected chi connectivity index (χ4v) is 3.74. The molecule has 1 N–H and O–H groups in total. The summed E-state index contributed by atoms with van der Waals surface area (Å²) >= 11 is 0. The van der Waals surface area contributed by atoms with Crippen LogP contribution in [0.15, 0.2) is 36.4 Å². The molecule has 4 unspecified atom stereocenters. The predicted molar refractivity (Wildman–Crippen MR) is 85.8 cm³/mol. The lowest BCUT2D eigenvalue weighted by Gasteiger charge is -2.22. The first-order chi connectivity index (χ1) is 9.63. The molecule has 4 atom stereocenters. The van der Waals surface area contributed by atoms with Gasteiger partial charge in [-0.3, -0.25) is 0 Å². The summed E-state index contributed by atoms with van der Waals surface area (Å²) in [5.41, 5.74) is 2.84. The van der Waals surface area contributed by atoms with Gasteiger partial charge in [-0.1, -0.05) is 50.3 Å². The van der Waals surface area contributed by atoms with Crippen LogP contribution in [0.3, 0.4) is 0 Å². The van der Waals surface area contributed by atoms with E-state index in [1.54, 1.807) is 0 Å². The fraction of sp³-hybridized carbons (Fsp3) is 0.579. The summed E-state index contributed by atoms with van der Waals surface area (Å²) in [5.74, 6) is 3.21. The van der Waals surface area contributed by atoms with E-state index in [4.69, 9.17) is 0 Å². The van der Waals surface area contributed by atoms with Gasteiger partial charge in [0.2, 0.25) is 0 Å². The van der Waals surface area contributed by atoms with Gasteiger partial charge in [0, 0.05) is 6.04 Å². The van der Waals surface area contributed by atoms with Crippen molar-refractivity contribution >= 4 is 0 Å². The van der Waals surface area contributed by atoms with Crippen LogP contribution in [-0.4, -0.2) is 6.54 Å². The summed E-state index contributed by atoms with van der Waals surface area (Å²) in [4.78, 5) is 0. The lowest BCUT2D eigenvalue weighted by atomic mass is 9.93. The molecule has 2 bridgehead atoms. The zero-order valence-electron chi connectivity index (χ0n) is 13.0. The first kappa shape index (κ1) is 13.9. The Balaban J connectivity index is 1.54. The van der Waals surface area contributed by atoms with Gasteiger partial charge in [0.1, 0.15) is 0 Å². The van der Waals surface area contributed by atoms with Gasteiger partial charge in [0.15, 0.2) is 0 Å². The van der Waals surface area contributed by atoms with Crippen LogP contribution in [0.1, 0.15) is 56.7 Å². The molecule has 1 saturated carbocycles. The normalized spacial score (nSPS) is 29.3. The van der Waals surface area contributed by atoms with Gasteiger partial charge in [-0.15, -0.1) is 0 Å². The van der Waals surface area contributed by atoms with Crippen LogP contribution in [0.5, 0.6) is 0 Å². The van der Waals surface area contributed by atoms with E-state index >= 15 is 0 Å². The average molecular weight is 269 g/mol. The first-order valence-electron chi connectivity index (χ1n) is 8.15. The molecule has 1 heteroatoms. The van der Waals surface area contributed by atoms with E-state index in [9.17, 15) is 0 Å². The van der Waals surface area contributed by atoms with Gasteiger partial charge < -0.3 is 5.32 Å². The standard InChI is InChI=1S/C19H27N/c1-13(2)16-6-8-17(9-7-16)14(3)20-12-19-11-15-4-5-18(19)10-15/h4-9,13-15,18-20H,10-12H2,1-3H3. The molecular weight excluding hydrogens is 242 g/mol. The maximum absolute atomic E-state index is 3.74. The van der Waals surface area contributed by atoms with E-state index < -0.39 is 0 Å². The Morgan fingerprint density at radius 1 is 1.00 bits per heavy atom. The molecule has 108 valence electrons. The van der Waals surface area contributed by atoms with Crippen LogP contribution in [0, 0.1) is 17.8 Å². The average Bonchev–Trinajstić information content (AvgIpc) is 3.07. The Morgan fingerprint density at radius 2 is 1.70 bits per heavy atom. The molecule has 20 heavy (non-hydrogen) atoms. The molecule has 1 aromatic carbocycles. The van der Waals surface area contributed by atoms with Crippen molar-refractivity contribution < 1.29 is 0 Å². The summed E-state index contributed by atoms with van der Waals surface area (Å²) in [6.07, 6.45) is 7.68. The topological polar surface area (TPSA) is 12.0 Å². The minimum atomic E-state index is 0.458. The van der Waals surface area contributed by atoms with Crippen LogP contribution in [0.4, 0.5) is 0 Å². The third-order valence-corrected chi connectivity index (χ3v) is 5.21. The SMILES string of the molecule is CC(C)c1ccc(C(C)NCC2CC3C=CC2C3)cc1. The minimum Gasteiger partial charge on any atom is -0.310 e. The smallest absolute Gasteiger partial charge is 0.0291 e. The van der Waals surface area contributed by atoms with Gasteiger partial charge in [-0.25, -0.2) is 0 Å². The van der Waals surface area contributed by atoms with Crippen molar-refractivity contribution in [2.75, 3.05) is 6.54 Å². The molecule has 1 nitrogen and oxygen atoms in total. The lowest BCUT2D eigenvalue weighted by Crippen LogP contribution is -2.27. The maximum atomic E-state index is 3.74. The summed E-state index contributed by atoms with van der Waals surface area (Å²) in [6.45, 7) is 7.95. The van der Waals surface area contributed by atoms with Gasteiger partial charge in [0.25, 0.3) is 0 Å². The Kier molecular flexibility index (Phi) is 3.98. The lowest BCUT2D eigenvalue weighted by molar-refractivity contribution is 0.393. The molecule has 2 aliphatic rings. The van der Waals surface area contributed by atoms with E-state index in [1.165, 1.54) is 30.5 Å². The van der Waals surface area contributed by atoms with Gasteiger partial charge in [0.05, 0.1) is 0 Å².